The highest BCUT2D eigenvalue weighted by Gasteiger charge is 2.25. The van der Waals surface area contributed by atoms with E-state index in [0.717, 1.165) is 24.6 Å². The number of hydrogen-bond donors (Lipinski definition) is 1. The predicted octanol–water partition coefficient (Wildman–Crippen LogP) is 4.28. The van der Waals surface area contributed by atoms with Crippen LogP contribution in [-0.4, -0.2) is 9.97 Å². The van der Waals surface area contributed by atoms with Gasteiger partial charge in [-0.15, -0.1) is 0 Å². The molecule has 1 aromatic heterocycles. The van der Waals surface area contributed by atoms with E-state index in [4.69, 9.17) is 10.7 Å². The Morgan fingerprint density at radius 2 is 1.95 bits per heavy atom. The van der Waals surface area contributed by atoms with E-state index in [9.17, 15) is 0 Å². The first-order valence-corrected chi connectivity index (χ1v) is 8.89. The second kappa shape index (κ2) is 6.87. The average molecular weight is 287 g/mol. The highest BCUT2D eigenvalue weighted by molar-refractivity contribution is 5.23. The smallest absolute Gasteiger partial charge is 0.131 e. The molecule has 3 rings (SSSR count). The van der Waals surface area contributed by atoms with Crippen LogP contribution in [0.4, 0.5) is 0 Å². The van der Waals surface area contributed by atoms with E-state index in [1.807, 2.05) is 6.20 Å². The maximum atomic E-state index is 6.25. The molecule has 116 valence electrons. The number of nitrogens with zero attached hydrogens (tertiary/aromatic N) is 2. The first kappa shape index (κ1) is 15.0. The highest BCUT2D eigenvalue weighted by Crippen LogP contribution is 2.37. The van der Waals surface area contributed by atoms with Crippen LogP contribution in [0, 0.1) is 5.92 Å². The molecule has 1 unspecified atom stereocenters. The van der Waals surface area contributed by atoms with Crippen LogP contribution in [0.1, 0.15) is 93.8 Å². The minimum Gasteiger partial charge on any atom is -0.324 e. The van der Waals surface area contributed by atoms with Crippen molar-refractivity contribution in [1.82, 2.24) is 9.97 Å². The lowest BCUT2D eigenvalue weighted by molar-refractivity contribution is 0.302. The van der Waals surface area contributed by atoms with E-state index in [1.165, 1.54) is 62.6 Å². The molecule has 0 spiro atoms. The Hall–Kier alpha value is -0.960. The summed E-state index contributed by atoms with van der Waals surface area (Å²) in [6.45, 7) is 2.30. The minimum atomic E-state index is 0.150. The van der Waals surface area contributed by atoms with Gasteiger partial charge >= 0.3 is 0 Å². The zero-order chi connectivity index (χ0) is 14.7. The molecule has 1 fully saturated rings. The van der Waals surface area contributed by atoms with Gasteiger partial charge < -0.3 is 5.73 Å². The van der Waals surface area contributed by atoms with Gasteiger partial charge in [0.1, 0.15) is 5.82 Å². The van der Waals surface area contributed by atoms with Crippen molar-refractivity contribution >= 4 is 0 Å². The summed E-state index contributed by atoms with van der Waals surface area (Å²) >= 11 is 0. The van der Waals surface area contributed by atoms with E-state index < -0.39 is 0 Å². The third-order valence-electron chi connectivity index (χ3n) is 5.41. The summed E-state index contributed by atoms with van der Waals surface area (Å²) in [6.07, 6.45) is 14.6. The van der Waals surface area contributed by atoms with Gasteiger partial charge in [-0.1, -0.05) is 26.2 Å². The molecule has 0 aliphatic heterocycles. The lowest BCUT2D eigenvalue weighted by Crippen LogP contribution is -2.18. The zero-order valence-electron chi connectivity index (χ0n) is 13.4. The zero-order valence-corrected chi connectivity index (χ0v) is 13.4. The number of nitrogens with two attached hydrogens (primary N) is 1. The van der Waals surface area contributed by atoms with E-state index in [-0.39, 0.29) is 6.04 Å². The van der Waals surface area contributed by atoms with Crippen molar-refractivity contribution in [1.29, 1.82) is 0 Å². The van der Waals surface area contributed by atoms with Crippen LogP contribution in [0.2, 0.25) is 0 Å². The molecule has 1 saturated carbocycles. The summed E-state index contributed by atoms with van der Waals surface area (Å²) in [6, 6.07) is 0.150. The van der Waals surface area contributed by atoms with Crippen molar-refractivity contribution in [3.8, 4) is 0 Å². The highest BCUT2D eigenvalue weighted by atomic mass is 14.9. The molecule has 0 aromatic carbocycles. The van der Waals surface area contributed by atoms with Gasteiger partial charge in [-0.2, -0.15) is 0 Å². The Balaban J connectivity index is 1.71. The van der Waals surface area contributed by atoms with Crippen LogP contribution in [0.15, 0.2) is 6.20 Å². The number of aryl methyl sites for hydroxylation is 1. The number of hydrogen-bond acceptors (Lipinski definition) is 3. The second-order valence-electron chi connectivity index (χ2n) is 6.99. The van der Waals surface area contributed by atoms with Crippen LogP contribution in [-0.2, 0) is 6.42 Å². The molecular formula is C18H29N3. The largest absolute Gasteiger partial charge is 0.324 e. The van der Waals surface area contributed by atoms with Crippen molar-refractivity contribution < 1.29 is 0 Å². The molecule has 1 atom stereocenters. The molecule has 0 radical (unpaired) electrons. The molecule has 0 bridgehead atoms. The standard InChI is InChI=1S/C18H29N3/c1-2-5-13-8-10-14(11-9-13)18-20-12-15-16(19)6-3-4-7-17(15)21-18/h12-14,16H,2-11,19H2,1H3. The van der Waals surface area contributed by atoms with Crippen molar-refractivity contribution in [3.05, 3.63) is 23.3 Å². The van der Waals surface area contributed by atoms with Crippen molar-refractivity contribution in [2.45, 2.75) is 83.1 Å². The van der Waals surface area contributed by atoms with Crippen LogP contribution in [0.3, 0.4) is 0 Å². The minimum absolute atomic E-state index is 0.150. The molecule has 2 aliphatic carbocycles. The maximum absolute atomic E-state index is 6.25. The van der Waals surface area contributed by atoms with Gasteiger partial charge in [0.25, 0.3) is 0 Å². The number of aromatic nitrogens is 2. The molecule has 2 N–H and O–H groups in total. The quantitative estimate of drug-likeness (QED) is 0.844. The fourth-order valence-electron chi connectivity index (χ4n) is 4.08. The first-order valence-electron chi connectivity index (χ1n) is 8.89. The summed E-state index contributed by atoms with van der Waals surface area (Å²) in [7, 11) is 0. The van der Waals surface area contributed by atoms with Gasteiger partial charge in [0.2, 0.25) is 0 Å². The van der Waals surface area contributed by atoms with E-state index in [0.29, 0.717) is 5.92 Å². The molecule has 0 saturated heterocycles. The van der Waals surface area contributed by atoms with Gasteiger partial charge in [-0.25, -0.2) is 9.97 Å². The van der Waals surface area contributed by atoms with Gasteiger partial charge in [-0.05, 0) is 50.9 Å². The Bertz CT molecular complexity index is 464. The molecule has 1 aromatic rings. The van der Waals surface area contributed by atoms with E-state index >= 15 is 0 Å². The SMILES string of the molecule is CCCC1CCC(c2ncc3c(n2)CCCCC3N)CC1. The lowest BCUT2D eigenvalue weighted by Gasteiger charge is -2.27. The van der Waals surface area contributed by atoms with Crippen LogP contribution >= 0.6 is 0 Å². The third kappa shape index (κ3) is 3.45. The Morgan fingerprint density at radius 1 is 1.14 bits per heavy atom. The van der Waals surface area contributed by atoms with Crippen LogP contribution in [0.5, 0.6) is 0 Å². The topological polar surface area (TPSA) is 51.8 Å². The van der Waals surface area contributed by atoms with Crippen molar-refractivity contribution in [2.24, 2.45) is 11.7 Å². The summed E-state index contributed by atoms with van der Waals surface area (Å²) < 4.78 is 0. The van der Waals surface area contributed by atoms with Crippen molar-refractivity contribution in [2.75, 3.05) is 0 Å². The normalized spacial score (nSPS) is 29.7. The average Bonchev–Trinajstić information content (AvgIpc) is 2.70. The molecule has 2 aliphatic rings. The third-order valence-corrected chi connectivity index (χ3v) is 5.41. The van der Waals surface area contributed by atoms with Gasteiger partial charge in [0, 0.05) is 29.4 Å². The maximum Gasteiger partial charge on any atom is 0.131 e. The van der Waals surface area contributed by atoms with Crippen LogP contribution < -0.4 is 5.73 Å². The van der Waals surface area contributed by atoms with Gasteiger partial charge in [-0.3, -0.25) is 0 Å². The Morgan fingerprint density at radius 3 is 2.71 bits per heavy atom. The lowest BCUT2D eigenvalue weighted by atomic mass is 9.79. The fourth-order valence-corrected chi connectivity index (χ4v) is 4.08. The molecule has 3 heteroatoms. The summed E-state index contributed by atoms with van der Waals surface area (Å²) in [4.78, 5) is 9.61. The Kier molecular flexibility index (Phi) is 4.89. The number of rotatable bonds is 3. The van der Waals surface area contributed by atoms with E-state index in [1.54, 1.807) is 0 Å². The molecule has 1 heterocycles. The summed E-state index contributed by atoms with van der Waals surface area (Å²) in [5.74, 6) is 2.63. The molecule has 0 amide bonds. The van der Waals surface area contributed by atoms with Crippen molar-refractivity contribution in [3.63, 3.8) is 0 Å². The monoisotopic (exact) mass is 287 g/mol. The predicted molar refractivity (Wildman–Crippen MR) is 86.1 cm³/mol. The molecular weight excluding hydrogens is 258 g/mol. The van der Waals surface area contributed by atoms with Gasteiger partial charge in [0.15, 0.2) is 0 Å². The first-order chi connectivity index (χ1) is 10.3. The molecule has 21 heavy (non-hydrogen) atoms. The van der Waals surface area contributed by atoms with E-state index in [2.05, 4.69) is 11.9 Å². The van der Waals surface area contributed by atoms with Gasteiger partial charge in [0.05, 0.1) is 0 Å². The fraction of sp³-hybridized carbons (Fsp3) is 0.778. The summed E-state index contributed by atoms with van der Waals surface area (Å²) in [5.41, 5.74) is 8.69. The number of fused-ring (bicyclic) bond motifs is 1. The Labute approximate surface area is 128 Å². The summed E-state index contributed by atoms with van der Waals surface area (Å²) in [5, 5.41) is 0. The van der Waals surface area contributed by atoms with Crippen LogP contribution in [0.25, 0.3) is 0 Å². The molecule has 3 nitrogen and oxygen atoms in total. The second-order valence-corrected chi connectivity index (χ2v) is 6.99.